The zero-order chi connectivity index (χ0) is 9.97. The molecule has 0 bridgehead atoms. The van der Waals surface area contributed by atoms with E-state index in [1.807, 2.05) is 11.8 Å². The van der Waals surface area contributed by atoms with Crippen molar-refractivity contribution in [3.63, 3.8) is 0 Å². The van der Waals surface area contributed by atoms with Gasteiger partial charge in [-0.15, -0.1) is 11.8 Å². The molecule has 0 aliphatic carbocycles. The summed E-state index contributed by atoms with van der Waals surface area (Å²) >= 11 is 3.65. The highest BCUT2D eigenvalue weighted by molar-refractivity contribution is 8.09. The molecule has 1 aliphatic rings. The molecule has 0 radical (unpaired) electrons. The molecular formula is C11H13NS2. The number of hydrogen-bond donors (Lipinski definition) is 1. The normalized spacial score (nSPS) is 20.4. The molecular weight excluding hydrogens is 210 g/mol. The van der Waals surface area contributed by atoms with E-state index in [-0.39, 0.29) is 0 Å². The molecule has 1 N–H and O–H groups in total. The minimum Gasteiger partial charge on any atom is -0.378 e. The lowest BCUT2D eigenvalue weighted by molar-refractivity contribution is 0.875. The van der Waals surface area contributed by atoms with Crippen molar-refractivity contribution in [2.24, 2.45) is 0 Å². The Balaban J connectivity index is 2.17. The minimum absolute atomic E-state index is 0.505. The Morgan fingerprint density at radius 1 is 1.29 bits per heavy atom. The number of thioether (sulfide) groups is 2. The summed E-state index contributed by atoms with van der Waals surface area (Å²) in [6.07, 6.45) is 4.20. The van der Waals surface area contributed by atoms with Crippen molar-refractivity contribution in [1.82, 2.24) is 5.32 Å². The minimum atomic E-state index is 0.505. The predicted octanol–water partition coefficient (Wildman–Crippen LogP) is 3.39. The monoisotopic (exact) mass is 223 g/mol. The van der Waals surface area contributed by atoms with Crippen molar-refractivity contribution in [2.45, 2.75) is 17.2 Å². The van der Waals surface area contributed by atoms with E-state index in [2.05, 4.69) is 49.0 Å². The maximum Gasteiger partial charge on any atom is 0.0736 e. The lowest BCUT2D eigenvalue weighted by Crippen LogP contribution is -2.09. The zero-order valence-corrected chi connectivity index (χ0v) is 9.91. The molecule has 0 fully saturated rings. The number of benzene rings is 1. The van der Waals surface area contributed by atoms with E-state index in [0.717, 1.165) is 0 Å². The molecule has 1 unspecified atom stereocenters. The Kier molecular flexibility index (Phi) is 3.08. The fourth-order valence-corrected chi connectivity index (χ4v) is 2.69. The third-order valence-corrected chi connectivity index (χ3v) is 3.97. The Bertz CT molecular complexity index is 343. The lowest BCUT2D eigenvalue weighted by Gasteiger charge is -2.03. The number of hydrogen-bond acceptors (Lipinski definition) is 3. The van der Waals surface area contributed by atoms with Crippen LogP contribution in [0.5, 0.6) is 0 Å². The fourth-order valence-electron chi connectivity index (χ4n) is 1.36. The Hall–Kier alpha value is -0.540. The average molecular weight is 223 g/mol. The topological polar surface area (TPSA) is 12.0 Å². The molecule has 3 heteroatoms. The third kappa shape index (κ3) is 2.10. The van der Waals surface area contributed by atoms with Crippen LogP contribution in [0.3, 0.4) is 0 Å². The van der Waals surface area contributed by atoms with Gasteiger partial charge in [0.05, 0.1) is 5.37 Å². The molecule has 1 atom stereocenters. The Morgan fingerprint density at radius 2 is 2.00 bits per heavy atom. The van der Waals surface area contributed by atoms with Crippen molar-refractivity contribution >= 4 is 28.4 Å². The molecule has 1 heterocycles. The zero-order valence-electron chi connectivity index (χ0n) is 8.28. The van der Waals surface area contributed by atoms with Gasteiger partial charge in [0.1, 0.15) is 0 Å². The van der Waals surface area contributed by atoms with Gasteiger partial charge in [0.25, 0.3) is 0 Å². The first-order valence-corrected chi connectivity index (χ1v) is 6.67. The quantitative estimate of drug-likeness (QED) is 0.772. The summed E-state index contributed by atoms with van der Waals surface area (Å²) < 4.78 is 0. The van der Waals surface area contributed by atoms with Crippen LogP contribution >= 0.6 is 23.5 Å². The largest absolute Gasteiger partial charge is 0.378 e. The second kappa shape index (κ2) is 4.32. The molecule has 0 saturated heterocycles. The number of rotatable bonds is 2. The van der Waals surface area contributed by atoms with E-state index in [9.17, 15) is 0 Å². The Labute approximate surface area is 93.4 Å². The molecule has 0 spiro atoms. The summed E-state index contributed by atoms with van der Waals surface area (Å²) in [5.41, 5.74) is 1.31. The summed E-state index contributed by atoms with van der Waals surface area (Å²) in [6, 6.07) is 8.71. The van der Waals surface area contributed by atoms with E-state index < -0.39 is 0 Å². The first kappa shape index (κ1) is 9.99. The van der Waals surface area contributed by atoms with Gasteiger partial charge in [-0.3, -0.25) is 0 Å². The average Bonchev–Trinajstić information content (AvgIpc) is 2.65. The summed E-state index contributed by atoms with van der Waals surface area (Å²) in [7, 11) is 0. The van der Waals surface area contributed by atoms with E-state index in [4.69, 9.17) is 0 Å². The second-order valence-electron chi connectivity index (χ2n) is 3.16. The molecule has 74 valence electrons. The highest BCUT2D eigenvalue weighted by atomic mass is 32.2. The first-order valence-electron chi connectivity index (χ1n) is 4.57. The SMILES string of the molecule is CSc1ccc(C2=CNC(C)S2)cc1. The molecule has 2 rings (SSSR count). The summed E-state index contributed by atoms with van der Waals surface area (Å²) in [6.45, 7) is 2.17. The lowest BCUT2D eigenvalue weighted by atomic mass is 10.2. The predicted molar refractivity (Wildman–Crippen MR) is 66.4 cm³/mol. The fraction of sp³-hybridized carbons (Fsp3) is 0.273. The van der Waals surface area contributed by atoms with Gasteiger partial charge in [-0.2, -0.15) is 0 Å². The second-order valence-corrected chi connectivity index (χ2v) is 5.43. The summed E-state index contributed by atoms with van der Waals surface area (Å²) in [4.78, 5) is 2.66. The van der Waals surface area contributed by atoms with Gasteiger partial charge in [-0.1, -0.05) is 23.9 Å². The van der Waals surface area contributed by atoms with Crippen LogP contribution in [-0.4, -0.2) is 11.6 Å². The molecule has 1 aliphatic heterocycles. The maximum atomic E-state index is 3.29. The van der Waals surface area contributed by atoms with E-state index >= 15 is 0 Å². The van der Waals surface area contributed by atoms with Gasteiger partial charge in [0, 0.05) is 16.0 Å². The molecule has 0 aromatic heterocycles. The summed E-state index contributed by atoms with van der Waals surface area (Å²) in [5.74, 6) is 0. The van der Waals surface area contributed by atoms with Crippen molar-refractivity contribution < 1.29 is 0 Å². The van der Waals surface area contributed by atoms with Crippen LogP contribution in [0.2, 0.25) is 0 Å². The van der Waals surface area contributed by atoms with Crippen molar-refractivity contribution in [1.29, 1.82) is 0 Å². The molecule has 1 aromatic carbocycles. The van der Waals surface area contributed by atoms with Crippen LogP contribution in [0, 0.1) is 0 Å². The van der Waals surface area contributed by atoms with Crippen molar-refractivity contribution in [2.75, 3.05) is 6.26 Å². The molecule has 0 saturated carbocycles. The highest BCUT2D eigenvalue weighted by Gasteiger charge is 2.13. The molecule has 14 heavy (non-hydrogen) atoms. The van der Waals surface area contributed by atoms with Crippen molar-refractivity contribution in [3.05, 3.63) is 36.0 Å². The van der Waals surface area contributed by atoms with Gasteiger partial charge in [-0.25, -0.2) is 0 Å². The Morgan fingerprint density at radius 3 is 2.50 bits per heavy atom. The standard InChI is InChI=1S/C11H13NS2/c1-8-12-7-11(14-8)9-3-5-10(13-2)6-4-9/h3-8,12H,1-2H3. The summed E-state index contributed by atoms with van der Waals surface area (Å²) in [5, 5.41) is 3.80. The maximum absolute atomic E-state index is 3.29. The highest BCUT2D eigenvalue weighted by Crippen LogP contribution is 2.34. The number of nitrogens with one attached hydrogen (secondary N) is 1. The first-order chi connectivity index (χ1) is 6.79. The van der Waals surface area contributed by atoms with Crippen LogP contribution in [0.15, 0.2) is 35.4 Å². The van der Waals surface area contributed by atoms with E-state index in [1.165, 1.54) is 15.4 Å². The van der Waals surface area contributed by atoms with Crippen LogP contribution in [0.4, 0.5) is 0 Å². The molecule has 0 amide bonds. The van der Waals surface area contributed by atoms with Crippen LogP contribution in [0.1, 0.15) is 12.5 Å². The van der Waals surface area contributed by atoms with Gasteiger partial charge >= 0.3 is 0 Å². The van der Waals surface area contributed by atoms with Crippen LogP contribution < -0.4 is 5.32 Å². The smallest absolute Gasteiger partial charge is 0.0736 e. The van der Waals surface area contributed by atoms with Crippen molar-refractivity contribution in [3.8, 4) is 0 Å². The van der Waals surface area contributed by atoms with Crippen LogP contribution in [0.25, 0.3) is 4.91 Å². The van der Waals surface area contributed by atoms with E-state index in [1.54, 1.807) is 11.8 Å². The molecule has 1 nitrogen and oxygen atoms in total. The van der Waals surface area contributed by atoms with Gasteiger partial charge in [0.2, 0.25) is 0 Å². The van der Waals surface area contributed by atoms with Gasteiger partial charge < -0.3 is 5.32 Å². The molecule has 1 aromatic rings. The van der Waals surface area contributed by atoms with E-state index in [0.29, 0.717) is 5.37 Å². The third-order valence-electron chi connectivity index (χ3n) is 2.13. The van der Waals surface area contributed by atoms with Gasteiger partial charge in [0.15, 0.2) is 0 Å². The van der Waals surface area contributed by atoms with Crippen LogP contribution in [-0.2, 0) is 0 Å². The van der Waals surface area contributed by atoms with Gasteiger partial charge in [-0.05, 0) is 30.9 Å².